The summed E-state index contributed by atoms with van der Waals surface area (Å²) >= 11 is 0. The zero-order valence-corrected chi connectivity index (χ0v) is 17.6. The van der Waals surface area contributed by atoms with Crippen molar-refractivity contribution >= 4 is 11.0 Å². The number of imidazole rings is 1. The van der Waals surface area contributed by atoms with E-state index in [2.05, 4.69) is 52.6 Å². The fourth-order valence-electron chi connectivity index (χ4n) is 6.19. The third-order valence-corrected chi connectivity index (χ3v) is 7.72. The number of aryl methyl sites for hydroxylation is 1. The number of nitrogens with zero attached hydrogens (tertiary/aromatic N) is 4. The average Bonchev–Trinajstić information content (AvgIpc) is 3.26. The summed E-state index contributed by atoms with van der Waals surface area (Å²) in [5, 5.41) is 0. The molecule has 1 saturated carbocycles. The highest BCUT2D eigenvalue weighted by molar-refractivity contribution is 5.76. The Bertz CT molecular complexity index is 825. The molecular weight excluding hydrogens is 348 g/mol. The van der Waals surface area contributed by atoms with E-state index in [4.69, 9.17) is 9.72 Å². The van der Waals surface area contributed by atoms with E-state index >= 15 is 0 Å². The van der Waals surface area contributed by atoms with Gasteiger partial charge in [0.15, 0.2) is 0 Å². The number of hydrogen-bond acceptors (Lipinski definition) is 4. The topological polar surface area (TPSA) is 33.5 Å². The first-order valence-corrected chi connectivity index (χ1v) is 11.0. The second-order valence-corrected chi connectivity index (χ2v) is 9.34. The van der Waals surface area contributed by atoms with E-state index in [0.29, 0.717) is 6.04 Å². The number of likely N-dealkylation sites (tertiary alicyclic amines) is 2. The fraction of sp³-hybridized carbons (Fsp3) is 0.696. The molecule has 3 aliphatic rings. The summed E-state index contributed by atoms with van der Waals surface area (Å²) < 4.78 is 8.53. The molecule has 5 nitrogen and oxygen atoms in total. The van der Waals surface area contributed by atoms with Crippen molar-refractivity contribution in [2.45, 2.75) is 50.8 Å². The van der Waals surface area contributed by atoms with Crippen LogP contribution in [-0.4, -0.2) is 71.8 Å². The monoisotopic (exact) mass is 382 g/mol. The van der Waals surface area contributed by atoms with E-state index in [1.165, 1.54) is 57.4 Å². The van der Waals surface area contributed by atoms with Crippen LogP contribution in [0.4, 0.5) is 0 Å². The number of fused-ring (bicyclic) bond motifs is 2. The molecule has 3 fully saturated rings. The van der Waals surface area contributed by atoms with Gasteiger partial charge in [-0.15, -0.1) is 0 Å². The highest BCUT2D eigenvalue weighted by atomic mass is 16.5. The van der Waals surface area contributed by atoms with Gasteiger partial charge in [-0.1, -0.05) is 12.1 Å². The molecule has 4 atom stereocenters. The molecule has 28 heavy (non-hydrogen) atoms. The number of aromatic nitrogens is 2. The lowest BCUT2D eigenvalue weighted by Crippen LogP contribution is -2.42. The number of benzene rings is 1. The highest BCUT2D eigenvalue weighted by Crippen LogP contribution is 2.44. The Morgan fingerprint density at radius 3 is 2.50 bits per heavy atom. The number of rotatable bonds is 3. The third-order valence-electron chi connectivity index (χ3n) is 7.72. The minimum atomic E-state index is 0.287. The summed E-state index contributed by atoms with van der Waals surface area (Å²) in [6.45, 7) is 7.20. The maximum Gasteiger partial charge on any atom is 0.107 e. The van der Waals surface area contributed by atoms with Crippen molar-refractivity contribution in [3.63, 3.8) is 0 Å². The van der Waals surface area contributed by atoms with Gasteiger partial charge in [0, 0.05) is 26.2 Å². The average molecular weight is 383 g/mol. The molecule has 152 valence electrons. The molecule has 0 N–H and O–H groups in total. The second kappa shape index (κ2) is 7.43. The molecule has 0 spiro atoms. The van der Waals surface area contributed by atoms with Gasteiger partial charge in [-0.2, -0.15) is 0 Å². The Morgan fingerprint density at radius 2 is 1.75 bits per heavy atom. The molecule has 1 aliphatic carbocycles. The molecule has 1 aromatic heterocycles. The van der Waals surface area contributed by atoms with Gasteiger partial charge in [-0.05, 0) is 76.7 Å². The second-order valence-electron chi connectivity index (χ2n) is 9.34. The van der Waals surface area contributed by atoms with Gasteiger partial charge in [0.1, 0.15) is 5.82 Å². The van der Waals surface area contributed by atoms with Crippen molar-refractivity contribution in [3.8, 4) is 0 Å². The maximum absolute atomic E-state index is 6.06. The molecule has 0 radical (unpaired) electrons. The quantitative estimate of drug-likeness (QED) is 0.815. The molecular formula is C23H34N4O. The third kappa shape index (κ3) is 3.17. The van der Waals surface area contributed by atoms with Gasteiger partial charge >= 0.3 is 0 Å². The summed E-state index contributed by atoms with van der Waals surface area (Å²) in [7, 11) is 4.15. The van der Waals surface area contributed by atoms with E-state index in [1.807, 2.05) is 7.11 Å². The molecule has 1 aromatic carbocycles. The number of hydrogen-bond donors (Lipinski definition) is 0. The van der Waals surface area contributed by atoms with Crippen LogP contribution in [0.2, 0.25) is 0 Å². The fourth-order valence-corrected chi connectivity index (χ4v) is 6.19. The van der Waals surface area contributed by atoms with E-state index in [9.17, 15) is 0 Å². The van der Waals surface area contributed by atoms with Gasteiger partial charge < -0.3 is 14.2 Å². The molecule has 2 aliphatic heterocycles. The van der Waals surface area contributed by atoms with Crippen molar-refractivity contribution in [1.82, 2.24) is 19.4 Å². The molecule has 0 unspecified atom stereocenters. The lowest BCUT2D eigenvalue weighted by atomic mass is 9.77. The maximum atomic E-state index is 6.06. The van der Waals surface area contributed by atoms with Crippen LogP contribution in [0.5, 0.6) is 0 Å². The predicted octanol–water partition coefficient (Wildman–Crippen LogP) is 3.34. The van der Waals surface area contributed by atoms with Crippen LogP contribution in [0.15, 0.2) is 24.3 Å². The van der Waals surface area contributed by atoms with E-state index in [1.54, 1.807) is 0 Å². The van der Waals surface area contributed by atoms with Crippen LogP contribution in [0, 0.1) is 18.8 Å². The van der Waals surface area contributed by atoms with Gasteiger partial charge in [0.2, 0.25) is 0 Å². The largest absolute Gasteiger partial charge is 0.379 e. The van der Waals surface area contributed by atoms with Crippen LogP contribution in [0.25, 0.3) is 11.0 Å². The van der Waals surface area contributed by atoms with Crippen LogP contribution >= 0.6 is 0 Å². The van der Waals surface area contributed by atoms with Crippen molar-refractivity contribution in [2.75, 3.05) is 40.3 Å². The predicted molar refractivity (Wildman–Crippen MR) is 113 cm³/mol. The summed E-state index contributed by atoms with van der Waals surface area (Å²) in [6, 6.07) is 9.75. The summed E-state index contributed by atoms with van der Waals surface area (Å²) in [5.41, 5.74) is 2.37. The van der Waals surface area contributed by atoms with Gasteiger partial charge in [-0.3, -0.25) is 4.90 Å². The zero-order chi connectivity index (χ0) is 19.3. The lowest BCUT2D eigenvalue weighted by Gasteiger charge is -2.38. The van der Waals surface area contributed by atoms with E-state index in [-0.39, 0.29) is 6.10 Å². The number of piperidine rings is 1. The summed E-state index contributed by atoms with van der Waals surface area (Å²) in [6.07, 6.45) is 5.35. The van der Waals surface area contributed by atoms with Gasteiger partial charge in [0.05, 0.1) is 23.2 Å². The highest BCUT2D eigenvalue weighted by Gasteiger charge is 2.45. The van der Waals surface area contributed by atoms with Gasteiger partial charge in [0.25, 0.3) is 0 Å². The molecule has 5 heteroatoms. The molecule has 2 saturated heterocycles. The van der Waals surface area contributed by atoms with Crippen LogP contribution in [0.1, 0.15) is 37.5 Å². The van der Waals surface area contributed by atoms with Crippen LogP contribution < -0.4 is 0 Å². The molecule has 5 rings (SSSR count). The standard InChI is InChI=1S/C23H34N4O/c1-16-24-20-6-4-5-7-21(20)27(16)22-12-17-14-26(15-18(17)13-23(22)28-3)19-8-10-25(2)11-9-19/h4-7,17-19,22-23H,8-15H2,1-3H3/t17-,18+,22-,23-/m0/s1. The number of methoxy groups -OCH3 is 1. The molecule has 0 bridgehead atoms. The summed E-state index contributed by atoms with van der Waals surface area (Å²) in [4.78, 5) is 10.1. The summed E-state index contributed by atoms with van der Waals surface area (Å²) in [5.74, 6) is 2.70. The normalized spacial score (nSPS) is 32.8. The van der Waals surface area contributed by atoms with Gasteiger partial charge in [-0.25, -0.2) is 4.98 Å². The minimum Gasteiger partial charge on any atom is -0.379 e. The van der Waals surface area contributed by atoms with Crippen molar-refractivity contribution in [1.29, 1.82) is 0 Å². The number of ether oxygens (including phenoxy) is 1. The first-order valence-electron chi connectivity index (χ1n) is 11.0. The number of para-hydroxylation sites is 2. The molecule has 3 heterocycles. The van der Waals surface area contributed by atoms with Crippen molar-refractivity contribution in [3.05, 3.63) is 30.1 Å². The zero-order valence-electron chi connectivity index (χ0n) is 17.6. The Morgan fingerprint density at radius 1 is 1.04 bits per heavy atom. The first-order chi connectivity index (χ1) is 13.6. The first kappa shape index (κ1) is 18.6. The Kier molecular flexibility index (Phi) is 4.93. The minimum absolute atomic E-state index is 0.287. The molecule has 2 aromatic rings. The Hall–Kier alpha value is -1.43. The Labute approximate surface area is 168 Å². The van der Waals surface area contributed by atoms with Crippen molar-refractivity contribution in [2.24, 2.45) is 11.8 Å². The van der Waals surface area contributed by atoms with E-state index < -0.39 is 0 Å². The van der Waals surface area contributed by atoms with Crippen molar-refractivity contribution < 1.29 is 4.74 Å². The SMILES string of the molecule is CO[C@H]1C[C@@H]2CN(C3CCN(C)CC3)C[C@@H]2C[C@@H]1n1c(C)nc2ccccc21. The molecule has 0 amide bonds. The Balaban J connectivity index is 1.38. The smallest absolute Gasteiger partial charge is 0.107 e. The van der Waals surface area contributed by atoms with E-state index in [0.717, 1.165) is 29.2 Å². The van der Waals surface area contributed by atoms with Crippen LogP contribution in [0.3, 0.4) is 0 Å². The lowest BCUT2D eigenvalue weighted by molar-refractivity contribution is -0.000103. The van der Waals surface area contributed by atoms with Crippen LogP contribution in [-0.2, 0) is 4.74 Å².